The summed E-state index contributed by atoms with van der Waals surface area (Å²) in [6.07, 6.45) is 1.82. The average molecular weight is 460 g/mol. The van der Waals surface area contributed by atoms with E-state index in [0.717, 1.165) is 71.5 Å². The molecule has 3 heterocycles. The molecule has 5 rings (SSSR count). The molecule has 0 atom stereocenters. The van der Waals surface area contributed by atoms with Crippen LogP contribution in [0.15, 0.2) is 48.7 Å². The van der Waals surface area contributed by atoms with Gasteiger partial charge in [0.05, 0.1) is 37.3 Å². The lowest BCUT2D eigenvalue weighted by Gasteiger charge is -2.29. The van der Waals surface area contributed by atoms with Gasteiger partial charge in [-0.05, 0) is 36.2 Å². The molecule has 0 bridgehead atoms. The molecule has 1 amide bonds. The largest absolute Gasteiger partial charge is 0.494 e. The van der Waals surface area contributed by atoms with Gasteiger partial charge in [-0.25, -0.2) is 4.98 Å². The SMILES string of the molecule is COc1cc(N2CCOCC2)ccc1Nc1cc(Nc2cccc3c2C(=O)N(C)C3)c(C)cn1. The maximum Gasteiger partial charge on any atom is 0.256 e. The number of amides is 1. The van der Waals surface area contributed by atoms with Crippen molar-refractivity contribution in [1.82, 2.24) is 9.88 Å². The fraction of sp³-hybridized carbons (Fsp3) is 0.308. The van der Waals surface area contributed by atoms with Gasteiger partial charge in [-0.15, -0.1) is 0 Å². The van der Waals surface area contributed by atoms with Crippen LogP contribution in [-0.2, 0) is 11.3 Å². The van der Waals surface area contributed by atoms with Gasteiger partial charge in [0.15, 0.2) is 0 Å². The first-order valence-electron chi connectivity index (χ1n) is 11.4. The minimum absolute atomic E-state index is 0.0354. The monoisotopic (exact) mass is 459 g/mol. The Hall–Kier alpha value is -3.78. The topological polar surface area (TPSA) is 79.0 Å². The molecule has 2 aliphatic heterocycles. The van der Waals surface area contributed by atoms with Crippen LogP contribution in [0.4, 0.5) is 28.6 Å². The van der Waals surface area contributed by atoms with Gasteiger partial charge < -0.3 is 29.9 Å². The normalized spacial score (nSPS) is 15.3. The van der Waals surface area contributed by atoms with Crippen molar-refractivity contribution in [3.05, 3.63) is 65.4 Å². The zero-order chi connectivity index (χ0) is 23.7. The second-order valence-electron chi connectivity index (χ2n) is 8.62. The van der Waals surface area contributed by atoms with Crippen LogP contribution in [0, 0.1) is 6.92 Å². The quantitative estimate of drug-likeness (QED) is 0.569. The Morgan fingerprint density at radius 1 is 1.03 bits per heavy atom. The molecule has 3 aromatic rings. The van der Waals surface area contributed by atoms with Crippen LogP contribution in [0.2, 0.25) is 0 Å². The zero-order valence-electron chi connectivity index (χ0n) is 19.7. The Morgan fingerprint density at radius 2 is 1.85 bits per heavy atom. The predicted molar refractivity (Wildman–Crippen MR) is 134 cm³/mol. The van der Waals surface area contributed by atoms with Crippen molar-refractivity contribution in [2.45, 2.75) is 13.5 Å². The Bertz CT molecular complexity index is 1220. The van der Waals surface area contributed by atoms with E-state index in [1.807, 2.05) is 56.6 Å². The molecule has 176 valence electrons. The third-order valence-corrected chi connectivity index (χ3v) is 6.32. The van der Waals surface area contributed by atoms with Crippen LogP contribution in [0.25, 0.3) is 0 Å². The van der Waals surface area contributed by atoms with E-state index in [-0.39, 0.29) is 5.91 Å². The Labute approximate surface area is 199 Å². The summed E-state index contributed by atoms with van der Waals surface area (Å²) in [5, 5.41) is 6.83. The van der Waals surface area contributed by atoms with Gasteiger partial charge in [0.2, 0.25) is 0 Å². The highest BCUT2D eigenvalue weighted by molar-refractivity contribution is 6.04. The number of aryl methyl sites for hydroxylation is 1. The second kappa shape index (κ2) is 9.23. The second-order valence-corrected chi connectivity index (χ2v) is 8.62. The van der Waals surface area contributed by atoms with Gasteiger partial charge in [-0.1, -0.05) is 12.1 Å². The maximum absolute atomic E-state index is 12.6. The van der Waals surface area contributed by atoms with Gasteiger partial charge >= 0.3 is 0 Å². The maximum atomic E-state index is 12.6. The summed E-state index contributed by atoms with van der Waals surface area (Å²) in [6, 6.07) is 14.0. The number of pyridine rings is 1. The third-order valence-electron chi connectivity index (χ3n) is 6.32. The molecule has 0 saturated carbocycles. The molecule has 0 spiro atoms. The number of fused-ring (bicyclic) bond motifs is 1. The van der Waals surface area contributed by atoms with Gasteiger partial charge in [0.25, 0.3) is 5.91 Å². The van der Waals surface area contributed by atoms with Crippen LogP contribution in [0.5, 0.6) is 5.75 Å². The minimum atomic E-state index is 0.0354. The number of benzene rings is 2. The highest BCUT2D eigenvalue weighted by Crippen LogP contribution is 2.34. The molecule has 8 nitrogen and oxygen atoms in total. The van der Waals surface area contributed by atoms with Crippen molar-refractivity contribution < 1.29 is 14.3 Å². The van der Waals surface area contributed by atoms with Gasteiger partial charge in [0.1, 0.15) is 11.6 Å². The lowest BCUT2D eigenvalue weighted by atomic mass is 10.1. The minimum Gasteiger partial charge on any atom is -0.494 e. The summed E-state index contributed by atoms with van der Waals surface area (Å²) in [7, 11) is 3.49. The summed E-state index contributed by atoms with van der Waals surface area (Å²) >= 11 is 0. The Morgan fingerprint density at radius 3 is 2.65 bits per heavy atom. The van der Waals surface area contributed by atoms with Gasteiger partial charge in [-0.2, -0.15) is 0 Å². The molecule has 1 aromatic heterocycles. The van der Waals surface area contributed by atoms with Crippen LogP contribution in [-0.4, -0.2) is 56.3 Å². The molecule has 34 heavy (non-hydrogen) atoms. The molecule has 2 aliphatic rings. The van der Waals surface area contributed by atoms with Crippen molar-refractivity contribution in [3.8, 4) is 5.75 Å². The van der Waals surface area contributed by atoms with Gasteiger partial charge in [0, 0.05) is 56.4 Å². The Kier molecular flexibility index (Phi) is 5.98. The van der Waals surface area contributed by atoms with Crippen LogP contribution in [0.1, 0.15) is 21.5 Å². The van der Waals surface area contributed by atoms with Crippen molar-refractivity contribution in [3.63, 3.8) is 0 Å². The lowest BCUT2D eigenvalue weighted by Crippen LogP contribution is -2.36. The van der Waals surface area contributed by atoms with Gasteiger partial charge in [-0.3, -0.25) is 4.79 Å². The number of nitrogens with one attached hydrogen (secondary N) is 2. The number of rotatable bonds is 6. The number of hydrogen-bond donors (Lipinski definition) is 2. The van der Waals surface area contributed by atoms with Crippen LogP contribution < -0.4 is 20.3 Å². The highest BCUT2D eigenvalue weighted by atomic mass is 16.5. The molecule has 2 N–H and O–H groups in total. The number of hydrogen-bond acceptors (Lipinski definition) is 7. The number of ether oxygens (including phenoxy) is 2. The summed E-state index contributed by atoms with van der Waals surface area (Å²) < 4.78 is 11.1. The number of methoxy groups -OCH3 is 1. The van der Waals surface area contributed by atoms with Crippen molar-refractivity contribution >= 4 is 34.5 Å². The third kappa shape index (κ3) is 4.24. The van der Waals surface area contributed by atoms with E-state index in [0.29, 0.717) is 12.4 Å². The smallest absolute Gasteiger partial charge is 0.256 e. The molecular weight excluding hydrogens is 430 g/mol. The number of anilines is 5. The number of aromatic nitrogens is 1. The van der Waals surface area contributed by atoms with Crippen molar-refractivity contribution in [2.75, 3.05) is 56.0 Å². The van der Waals surface area contributed by atoms with E-state index in [1.54, 1.807) is 12.0 Å². The first kappa shape index (κ1) is 22.0. The van der Waals surface area contributed by atoms with E-state index < -0.39 is 0 Å². The molecule has 0 radical (unpaired) electrons. The molecular formula is C26H29N5O3. The zero-order valence-corrected chi connectivity index (χ0v) is 19.7. The fourth-order valence-electron chi connectivity index (χ4n) is 4.42. The summed E-state index contributed by atoms with van der Waals surface area (Å²) in [6.45, 7) is 5.83. The predicted octanol–water partition coefficient (Wildman–Crippen LogP) is 4.31. The summed E-state index contributed by atoms with van der Waals surface area (Å²) in [5.74, 6) is 1.46. The molecule has 0 unspecified atom stereocenters. The van der Waals surface area contributed by atoms with E-state index >= 15 is 0 Å². The number of nitrogens with zero attached hydrogens (tertiary/aromatic N) is 3. The number of carbonyl (C=O) groups is 1. The lowest BCUT2D eigenvalue weighted by molar-refractivity contribution is 0.0817. The van der Waals surface area contributed by atoms with E-state index in [4.69, 9.17) is 9.47 Å². The molecule has 0 aliphatic carbocycles. The van der Waals surface area contributed by atoms with E-state index in [2.05, 4.69) is 26.6 Å². The van der Waals surface area contributed by atoms with E-state index in [9.17, 15) is 4.79 Å². The molecule has 8 heteroatoms. The molecule has 1 fully saturated rings. The molecule has 1 saturated heterocycles. The summed E-state index contributed by atoms with van der Waals surface area (Å²) in [4.78, 5) is 21.2. The fourth-order valence-corrected chi connectivity index (χ4v) is 4.42. The van der Waals surface area contributed by atoms with Crippen molar-refractivity contribution in [2.24, 2.45) is 0 Å². The van der Waals surface area contributed by atoms with Crippen LogP contribution >= 0.6 is 0 Å². The standard InChI is InChI=1S/C26H29N5O3/c1-17-15-27-24(14-22(17)28-21-6-4-5-18-16-30(2)26(32)25(18)21)29-20-8-7-19(13-23(20)33-3)31-9-11-34-12-10-31/h4-8,13-15H,9-12,16H2,1-3H3,(H2,27,28,29). The number of carbonyl (C=O) groups excluding carboxylic acids is 1. The molecule has 2 aromatic carbocycles. The average Bonchev–Trinajstić information content (AvgIpc) is 3.16. The first-order chi connectivity index (χ1) is 16.5. The van der Waals surface area contributed by atoms with Crippen LogP contribution in [0.3, 0.4) is 0 Å². The van der Waals surface area contributed by atoms with Crippen molar-refractivity contribution in [1.29, 1.82) is 0 Å². The Balaban J connectivity index is 1.39. The van der Waals surface area contributed by atoms with E-state index in [1.165, 1.54) is 0 Å². The number of morpholine rings is 1. The highest BCUT2D eigenvalue weighted by Gasteiger charge is 2.27. The first-order valence-corrected chi connectivity index (χ1v) is 11.4. The summed E-state index contributed by atoms with van der Waals surface area (Å²) in [5.41, 5.74) is 6.38.